The van der Waals surface area contributed by atoms with Gasteiger partial charge in [-0.3, -0.25) is 14.5 Å². The van der Waals surface area contributed by atoms with Crippen LogP contribution in [0.2, 0.25) is 0 Å². The lowest BCUT2D eigenvalue weighted by Crippen LogP contribution is -2.51. The summed E-state index contributed by atoms with van der Waals surface area (Å²) in [6, 6.07) is 9.28. The van der Waals surface area contributed by atoms with Crippen LogP contribution in [-0.2, 0) is 9.59 Å². The first-order chi connectivity index (χ1) is 13.4. The first-order valence-corrected chi connectivity index (χ1v) is 10.4. The number of amides is 4. The van der Waals surface area contributed by atoms with Crippen molar-refractivity contribution < 1.29 is 14.4 Å². The summed E-state index contributed by atoms with van der Waals surface area (Å²) in [5, 5.41) is 6.01. The Morgan fingerprint density at radius 3 is 2.29 bits per heavy atom. The molecule has 3 aliphatic rings. The molecule has 150 valence electrons. The molecule has 2 aliphatic carbocycles. The molecule has 3 fully saturated rings. The number of carbonyl (C=O) groups excluding carboxylic acids is 3. The van der Waals surface area contributed by atoms with Gasteiger partial charge in [0.05, 0.1) is 6.04 Å². The van der Waals surface area contributed by atoms with Crippen molar-refractivity contribution in [3.05, 3.63) is 35.9 Å². The standard InChI is InChI=1S/C22H29N3O3/c1-14(2)12-18(15-6-4-3-5-7-15)23-19(26)13-25-20(27)22(16-8-9-16,17-10-11-17)24-21(25)28/h3-7,14,16-18H,8-13H2,1-2H3,(H,23,26)(H,24,28). The fraction of sp³-hybridized carbons (Fsp3) is 0.591. The molecule has 1 unspecified atom stereocenters. The quantitative estimate of drug-likeness (QED) is 0.678. The second-order valence-corrected chi connectivity index (χ2v) is 8.90. The van der Waals surface area contributed by atoms with E-state index >= 15 is 0 Å². The lowest BCUT2D eigenvalue weighted by atomic mass is 9.87. The Kier molecular flexibility index (Phi) is 4.89. The van der Waals surface area contributed by atoms with E-state index in [9.17, 15) is 14.4 Å². The second-order valence-electron chi connectivity index (χ2n) is 8.90. The van der Waals surface area contributed by atoms with Crippen LogP contribution in [0, 0.1) is 17.8 Å². The van der Waals surface area contributed by atoms with Crippen LogP contribution < -0.4 is 10.6 Å². The third-order valence-corrected chi connectivity index (χ3v) is 6.15. The van der Waals surface area contributed by atoms with Gasteiger partial charge in [-0.2, -0.15) is 0 Å². The van der Waals surface area contributed by atoms with Gasteiger partial charge < -0.3 is 10.6 Å². The molecular weight excluding hydrogens is 354 g/mol. The smallest absolute Gasteiger partial charge is 0.325 e. The predicted molar refractivity (Wildman–Crippen MR) is 105 cm³/mol. The zero-order chi connectivity index (χ0) is 19.9. The Morgan fingerprint density at radius 1 is 1.14 bits per heavy atom. The summed E-state index contributed by atoms with van der Waals surface area (Å²) in [4.78, 5) is 39.6. The zero-order valence-electron chi connectivity index (χ0n) is 16.6. The topological polar surface area (TPSA) is 78.5 Å². The number of urea groups is 1. The maximum atomic E-state index is 13.1. The molecule has 1 atom stereocenters. The Morgan fingerprint density at radius 2 is 1.75 bits per heavy atom. The Bertz CT molecular complexity index is 756. The molecule has 2 N–H and O–H groups in total. The van der Waals surface area contributed by atoms with Crippen molar-refractivity contribution in [3.8, 4) is 0 Å². The monoisotopic (exact) mass is 383 g/mol. The fourth-order valence-electron chi connectivity index (χ4n) is 4.54. The molecule has 1 aromatic carbocycles. The molecule has 0 radical (unpaired) electrons. The third kappa shape index (κ3) is 3.52. The number of rotatable bonds is 8. The number of imide groups is 1. The SMILES string of the molecule is CC(C)CC(NC(=O)CN1C(=O)NC(C2CC2)(C2CC2)C1=O)c1ccccc1. The van der Waals surface area contributed by atoms with Gasteiger partial charge in [-0.15, -0.1) is 0 Å². The van der Waals surface area contributed by atoms with Crippen LogP contribution >= 0.6 is 0 Å². The van der Waals surface area contributed by atoms with Gasteiger partial charge >= 0.3 is 6.03 Å². The number of nitrogens with zero attached hydrogens (tertiary/aromatic N) is 1. The largest absolute Gasteiger partial charge is 0.348 e. The van der Waals surface area contributed by atoms with Crippen LogP contribution in [0.1, 0.15) is 57.6 Å². The second kappa shape index (κ2) is 7.22. The van der Waals surface area contributed by atoms with E-state index in [-0.39, 0.29) is 36.2 Å². The first-order valence-electron chi connectivity index (χ1n) is 10.4. The van der Waals surface area contributed by atoms with E-state index in [1.165, 1.54) is 0 Å². The van der Waals surface area contributed by atoms with E-state index in [0.717, 1.165) is 42.6 Å². The molecular formula is C22H29N3O3. The minimum atomic E-state index is -0.742. The molecule has 4 rings (SSSR count). The highest BCUT2D eigenvalue weighted by atomic mass is 16.2. The molecule has 6 heteroatoms. The summed E-state index contributed by atoms with van der Waals surface area (Å²) in [6.07, 6.45) is 4.71. The maximum Gasteiger partial charge on any atom is 0.325 e. The van der Waals surface area contributed by atoms with Gasteiger partial charge in [-0.1, -0.05) is 44.2 Å². The highest BCUT2D eigenvalue weighted by Crippen LogP contribution is 2.54. The van der Waals surface area contributed by atoms with E-state index < -0.39 is 11.6 Å². The van der Waals surface area contributed by atoms with Crippen molar-refractivity contribution in [2.75, 3.05) is 6.54 Å². The maximum absolute atomic E-state index is 13.1. The molecule has 4 amide bonds. The third-order valence-electron chi connectivity index (χ3n) is 6.15. The van der Waals surface area contributed by atoms with E-state index in [4.69, 9.17) is 0 Å². The van der Waals surface area contributed by atoms with Crippen LogP contribution in [0.5, 0.6) is 0 Å². The molecule has 28 heavy (non-hydrogen) atoms. The Balaban J connectivity index is 1.45. The van der Waals surface area contributed by atoms with Gasteiger partial charge in [0, 0.05) is 0 Å². The summed E-state index contributed by atoms with van der Waals surface area (Å²) >= 11 is 0. The Hall–Kier alpha value is -2.37. The van der Waals surface area contributed by atoms with Gasteiger partial charge in [0.25, 0.3) is 5.91 Å². The van der Waals surface area contributed by atoms with Crippen molar-refractivity contribution in [2.45, 2.75) is 57.5 Å². The highest BCUT2D eigenvalue weighted by Gasteiger charge is 2.65. The van der Waals surface area contributed by atoms with Crippen LogP contribution in [0.3, 0.4) is 0 Å². The molecule has 0 bridgehead atoms. The average molecular weight is 383 g/mol. The molecule has 0 spiro atoms. The minimum absolute atomic E-state index is 0.133. The normalized spacial score (nSPS) is 22.3. The summed E-state index contributed by atoms with van der Waals surface area (Å²) in [5.74, 6) is 0.391. The molecule has 1 aromatic rings. The summed E-state index contributed by atoms with van der Waals surface area (Å²) in [6.45, 7) is 4.01. The highest BCUT2D eigenvalue weighted by molar-refractivity contribution is 6.09. The van der Waals surface area contributed by atoms with Gasteiger partial charge in [0.2, 0.25) is 5.91 Å². The van der Waals surface area contributed by atoms with Crippen LogP contribution in [0.4, 0.5) is 4.79 Å². The first kappa shape index (κ1) is 19.0. The fourth-order valence-corrected chi connectivity index (χ4v) is 4.54. The van der Waals surface area contributed by atoms with Gasteiger partial charge in [-0.25, -0.2) is 4.79 Å². The van der Waals surface area contributed by atoms with Crippen molar-refractivity contribution in [1.82, 2.24) is 15.5 Å². The average Bonchev–Trinajstić information content (AvgIpc) is 3.55. The van der Waals surface area contributed by atoms with Crippen molar-refractivity contribution >= 4 is 17.8 Å². The van der Waals surface area contributed by atoms with E-state index in [1.807, 2.05) is 30.3 Å². The van der Waals surface area contributed by atoms with Crippen LogP contribution in [0.15, 0.2) is 30.3 Å². The summed E-state index contributed by atoms with van der Waals surface area (Å²) < 4.78 is 0. The molecule has 6 nitrogen and oxygen atoms in total. The van der Waals surface area contributed by atoms with Crippen molar-refractivity contribution in [2.24, 2.45) is 17.8 Å². The Labute approximate surface area is 166 Å². The van der Waals surface area contributed by atoms with E-state index in [1.54, 1.807) is 0 Å². The molecule has 1 saturated heterocycles. The zero-order valence-corrected chi connectivity index (χ0v) is 16.6. The van der Waals surface area contributed by atoms with Gasteiger partial charge in [-0.05, 0) is 55.4 Å². The van der Waals surface area contributed by atoms with E-state index in [2.05, 4.69) is 24.5 Å². The lowest BCUT2D eigenvalue weighted by Gasteiger charge is -2.26. The molecule has 2 saturated carbocycles. The number of hydrogen-bond donors (Lipinski definition) is 2. The molecule has 1 aliphatic heterocycles. The number of carbonyl (C=O) groups is 3. The van der Waals surface area contributed by atoms with Gasteiger partial charge in [0.1, 0.15) is 12.1 Å². The molecule has 0 aromatic heterocycles. The number of nitrogens with one attached hydrogen (secondary N) is 2. The van der Waals surface area contributed by atoms with Crippen LogP contribution in [0.25, 0.3) is 0 Å². The number of benzene rings is 1. The van der Waals surface area contributed by atoms with Crippen molar-refractivity contribution in [1.29, 1.82) is 0 Å². The predicted octanol–water partition coefficient (Wildman–Crippen LogP) is 3.00. The minimum Gasteiger partial charge on any atom is -0.348 e. The van der Waals surface area contributed by atoms with Crippen LogP contribution in [-0.4, -0.2) is 34.8 Å². The van der Waals surface area contributed by atoms with Crippen molar-refractivity contribution in [3.63, 3.8) is 0 Å². The van der Waals surface area contributed by atoms with E-state index in [0.29, 0.717) is 5.92 Å². The summed E-state index contributed by atoms with van der Waals surface area (Å²) in [5.41, 5.74) is 0.292. The summed E-state index contributed by atoms with van der Waals surface area (Å²) in [7, 11) is 0. The van der Waals surface area contributed by atoms with Gasteiger partial charge in [0.15, 0.2) is 0 Å². The number of hydrogen-bond acceptors (Lipinski definition) is 3. The molecule has 1 heterocycles. The lowest BCUT2D eigenvalue weighted by molar-refractivity contribution is -0.136.